The molecule has 2 nitrogen and oxygen atoms in total. The number of nitrogens with zero attached hydrogens (tertiary/aromatic N) is 2. The molecule has 4 rings (SSSR count). The lowest BCUT2D eigenvalue weighted by molar-refractivity contribution is 0.372. The summed E-state index contributed by atoms with van der Waals surface area (Å²) in [6.45, 7) is 3.40. The molecule has 1 aliphatic heterocycles. The first-order valence-corrected chi connectivity index (χ1v) is 8.02. The van der Waals surface area contributed by atoms with Gasteiger partial charge in [0.15, 0.2) is 0 Å². The Balaban J connectivity index is 1.45. The van der Waals surface area contributed by atoms with Crippen molar-refractivity contribution in [2.75, 3.05) is 11.4 Å². The van der Waals surface area contributed by atoms with Crippen molar-refractivity contribution in [3.8, 4) is 0 Å². The second-order valence-electron chi connectivity index (χ2n) is 6.69. The van der Waals surface area contributed by atoms with E-state index in [4.69, 9.17) is 0 Å². The van der Waals surface area contributed by atoms with E-state index in [1.165, 1.54) is 42.6 Å². The molecule has 3 unspecified atom stereocenters. The zero-order chi connectivity index (χ0) is 14.2. The Bertz CT molecular complexity index is 605. The largest absolute Gasteiger partial charge is 0.368 e. The van der Waals surface area contributed by atoms with Crippen molar-refractivity contribution in [3.05, 3.63) is 59.9 Å². The minimum atomic E-state index is 0.754. The van der Waals surface area contributed by atoms with Crippen molar-refractivity contribution >= 4 is 5.69 Å². The van der Waals surface area contributed by atoms with Crippen LogP contribution in [0, 0.1) is 18.8 Å². The maximum atomic E-state index is 4.12. The first-order chi connectivity index (χ1) is 10.3. The van der Waals surface area contributed by atoms with Gasteiger partial charge < -0.3 is 4.90 Å². The van der Waals surface area contributed by atoms with E-state index >= 15 is 0 Å². The van der Waals surface area contributed by atoms with Gasteiger partial charge in [0.1, 0.15) is 0 Å². The molecule has 0 N–H and O–H groups in total. The lowest BCUT2D eigenvalue weighted by Gasteiger charge is -2.33. The summed E-state index contributed by atoms with van der Waals surface area (Å²) in [6, 6.07) is 14.1. The van der Waals surface area contributed by atoms with Crippen molar-refractivity contribution in [1.82, 2.24) is 4.98 Å². The summed E-state index contributed by atoms with van der Waals surface area (Å²) in [5.74, 6) is 1.73. The van der Waals surface area contributed by atoms with E-state index in [1.807, 2.05) is 12.4 Å². The molecule has 1 aromatic carbocycles. The lowest BCUT2D eigenvalue weighted by Crippen LogP contribution is -2.36. The van der Waals surface area contributed by atoms with E-state index in [0.29, 0.717) is 0 Å². The molecule has 3 atom stereocenters. The summed E-state index contributed by atoms with van der Waals surface area (Å²) >= 11 is 0. The van der Waals surface area contributed by atoms with E-state index < -0.39 is 0 Å². The predicted molar refractivity (Wildman–Crippen MR) is 86.5 cm³/mol. The second-order valence-corrected chi connectivity index (χ2v) is 6.69. The number of hydrogen-bond donors (Lipinski definition) is 0. The molecule has 1 aliphatic carbocycles. The predicted octanol–water partition coefficient (Wildman–Crippen LogP) is 3.85. The molecule has 1 saturated heterocycles. The smallest absolute Gasteiger partial charge is 0.0368 e. The van der Waals surface area contributed by atoms with Gasteiger partial charge in [-0.2, -0.15) is 0 Å². The highest BCUT2D eigenvalue weighted by atomic mass is 15.2. The van der Waals surface area contributed by atoms with E-state index in [1.54, 1.807) is 0 Å². The highest BCUT2D eigenvalue weighted by Crippen LogP contribution is 2.45. The van der Waals surface area contributed by atoms with Gasteiger partial charge in [0.2, 0.25) is 0 Å². The summed E-state index contributed by atoms with van der Waals surface area (Å²) in [6.07, 6.45) is 7.79. The van der Waals surface area contributed by atoms with Crippen LogP contribution >= 0.6 is 0 Å². The maximum absolute atomic E-state index is 4.12. The lowest BCUT2D eigenvalue weighted by atomic mass is 9.88. The summed E-state index contributed by atoms with van der Waals surface area (Å²) in [5.41, 5.74) is 4.21. The third-order valence-corrected chi connectivity index (χ3v) is 5.30. The van der Waals surface area contributed by atoms with E-state index in [2.05, 4.69) is 53.2 Å². The highest BCUT2D eigenvalue weighted by molar-refractivity contribution is 5.50. The number of piperidine rings is 1. The molecule has 0 amide bonds. The molecule has 21 heavy (non-hydrogen) atoms. The Morgan fingerprint density at radius 2 is 1.81 bits per heavy atom. The molecular formula is C19H22N2. The van der Waals surface area contributed by atoms with E-state index in [-0.39, 0.29) is 0 Å². The van der Waals surface area contributed by atoms with Crippen LogP contribution in [0.15, 0.2) is 48.8 Å². The van der Waals surface area contributed by atoms with Crippen LogP contribution in [0.4, 0.5) is 5.69 Å². The van der Waals surface area contributed by atoms with Crippen LogP contribution in [-0.4, -0.2) is 17.6 Å². The van der Waals surface area contributed by atoms with Crippen LogP contribution in [0.1, 0.15) is 24.0 Å². The molecule has 2 bridgehead atoms. The van der Waals surface area contributed by atoms with Crippen LogP contribution in [0.2, 0.25) is 0 Å². The number of aryl methyl sites for hydroxylation is 1. The number of benzene rings is 1. The fourth-order valence-electron chi connectivity index (χ4n) is 4.18. The van der Waals surface area contributed by atoms with Crippen molar-refractivity contribution in [3.63, 3.8) is 0 Å². The van der Waals surface area contributed by atoms with Gasteiger partial charge in [0.25, 0.3) is 0 Å². The fourth-order valence-corrected chi connectivity index (χ4v) is 4.18. The molecule has 0 spiro atoms. The van der Waals surface area contributed by atoms with Gasteiger partial charge in [-0.15, -0.1) is 0 Å². The van der Waals surface area contributed by atoms with Crippen molar-refractivity contribution < 1.29 is 0 Å². The molecule has 1 aromatic heterocycles. The van der Waals surface area contributed by atoms with Gasteiger partial charge in [0, 0.05) is 30.7 Å². The van der Waals surface area contributed by atoms with E-state index in [0.717, 1.165) is 17.9 Å². The van der Waals surface area contributed by atoms with Gasteiger partial charge in [-0.25, -0.2) is 0 Å². The normalized spacial score (nSPS) is 27.3. The summed E-state index contributed by atoms with van der Waals surface area (Å²) in [5, 5.41) is 0. The number of anilines is 1. The second kappa shape index (κ2) is 5.18. The van der Waals surface area contributed by atoms with Crippen LogP contribution in [0.5, 0.6) is 0 Å². The Hall–Kier alpha value is -1.83. The number of fused-ring (bicyclic) bond motifs is 2. The highest BCUT2D eigenvalue weighted by Gasteiger charge is 2.44. The Morgan fingerprint density at radius 3 is 2.48 bits per heavy atom. The van der Waals surface area contributed by atoms with E-state index in [9.17, 15) is 0 Å². The minimum Gasteiger partial charge on any atom is -0.368 e. The first kappa shape index (κ1) is 12.9. The van der Waals surface area contributed by atoms with Gasteiger partial charge in [-0.05, 0) is 67.9 Å². The third kappa shape index (κ3) is 2.44. The minimum absolute atomic E-state index is 0.754. The Labute approximate surface area is 126 Å². The zero-order valence-corrected chi connectivity index (χ0v) is 12.6. The summed E-state index contributed by atoms with van der Waals surface area (Å²) < 4.78 is 0. The van der Waals surface area contributed by atoms with Crippen LogP contribution < -0.4 is 4.90 Å². The quantitative estimate of drug-likeness (QED) is 0.848. The van der Waals surface area contributed by atoms with Gasteiger partial charge in [-0.3, -0.25) is 4.98 Å². The number of rotatable bonds is 3. The maximum Gasteiger partial charge on any atom is 0.0368 e. The Kier molecular flexibility index (Phi) is 3.17. The number of aromatic nitrogens is 1. The molecule has 2 fully saturated rings. The molecule has 0 radical (unpaired) electrons. The van der Waals surface area contributed by atoms with Crippen LogP contribution in [-0.2, 0) is 6.42 Å². The number of hydrogen-bond acceptors (Lipinski definition) is 2. The molecular weight excluding hydrogens is 256 g/mol. The van der Waals surface area contributed by atoms with Crippen molar-refractivity contribution in [1.29, 1.82) is 0 Å². The molecule has 2 heterocycles. The van der Waals surface area contributed by atoms with Crippen LogP contribution in [0.3, 0.4) is 0 Å². The molecule has 2 aromatic rings. The summed E-state index contributed by atoms with van der Waals surface area (Å²) in [7, 11) is 0. The van der Waals surface area contributed by atoms with Crippen molar-refractivity contribution in [2.45, 2.75) is 32.2 Å². The molecule has 2 heteroatoms. The fraction of sp³-hybridized carbons (Fsp3) is 0.421. The molecule has 1 saturated carbocycles. The average Bonchev–Trinajstić information content (AvgIpc) is 3.09. The first-order valence-electron chi connectivity index (χ1n) is 8.02. The summed E-state index contributed by atoms with van der Waals surface area (Å²) in [4.78, 5) is 6.75. The third-order valence-electron chi connectivity index (χ3n) is 5.30. The van der Waals surface area contributed by atoms with Gasteiger partial charge in [0.05, 0.1) is 0 Å². The standard InChI is InChI=1S/C19H22N2/c1-14-2-4-18(5-3-14)21-13-17-12-19(21)11-16(17)10-15-6-8-20-9-7-15/h2-9,16-17,19H,10-13H2,1H3. The molecule has 108 valence electrons. The van der Waals surface area contributed by atoms with Gasteiger partial charge in [-0.1, -0.05) is 17.7 Å². The Morgan fingerprint density at radius 1 is 1.05 bits per heavy atom. The topological polar surface area (TPSA) is 16.1 Å². The number of pyridine rings is 1. The van der Waals surface area contributed by atoms with Gasteiger partial charge >= 0.3 is 0 Å². The average molecular weight is 278 g/mol. The molecule has 2 aliphatic rings. The zero-order valence-electron chi connectivity index (χ0n) is 12.6. The van der Waals surface area contributed by atoms with Crippen molar-refractivity contribution in [2.24, 2.45) is 11.8 Å². The monoisotopic (exact) mass is 278 g/mol. The van der Waals surface area contributed by atoms with Crippen LogP contribution in [0.25, 0.3) is 0 Å². The SMILES string of the molecule is Cc1ccc(N2CC3CC2CC3Cc2ccncc2)cc1.